The Balaban J connectivity index is 1.69. The average molecular weight is 332 g/mol. The molecule has 0 atom stereocenters. The molecule has 0 unspecified atom stereocenters. The summed E-state index contributed by atoms with van der Waals surface area (Å²) in [7, 11) is 0. The summed E-state index contributed by atoms with van der Waals surface area (Å²) >= 11 is 0. The van der Waals surface area contributed by atoms with Crippen LogP contribution in [0.25, 0.3) is 0 Å². The van der Waals surface area contributed by atoms with E-state index < -0.39 is 0 Å². The van der Waals surface area contributed by atoms with Crippen molar-refractivity contribution in [2.75, 3.05) is 0 Å². The van der Waals surface area contributed by atoms with Crippen LogP contribution >= 0.6 is 0 Å². The summed E-state index contributed by atoms with van der Waals surface area (Å²) in [6.45, 7) is 3.85. The van der Waals surface area contributed by atoms with Crippen LogP contribution in [0.3, 0.4) is 0 Å². The normalized spacial score (nSPS) is 11.5. The van der Waals surface area contributed by atoms with Gasteiger partial charge < -0.3 is 0 Å². The van der Waals surface area contributed by atoms with E-state index in [0.29, 0.717) is 11.4 Å². The first-order chi connectivity index (χ1) is 12.1. The number of hydrogen-bond acceptors (Lipinski definition) is 4. The molecule has 5 heteroatoms. The highest BCUT2D eigenvalue weighted by Gasteiger charge is 2.00. The Labute approximate surface area is 145 Å². The average Bonchev–Trinajstić information content (AvgIpc) is 2.61. The van der Waals surface area contributed by atoms with Gasteiger partial charge in [0.2, 0.25) is 0 Å². The molecular formula is C20H17FN4. The third-order valence-electron chi connectivity index (χ3n) is 3.54. The fraction of sp³-hybridized carbons (Fsp3) is 0.100. The topological polar surface area (TPSA) is 49.4 Å². The van der Waals surface area contributed by atoms with Crippen LogP contribution < -0.4 is 0 Å². The first kappa shape index (κ1) is 16.6. The van der Waals surface area contributed by atoms with E-state index in [9.17, 15) is 4.39 Å². The second kappa shape index (κ2) is 7.57. The van der Waals surface area contributed by atoms with Crippen molar-refractivity contribution in [3.8, 4) is 0 Å². The second-order valence-electron chi connectivity index (χ2n) is 5.71. The molecular weight excluding hydrogens is 315 g/mol. The Kier molecular flexibility index (Phi) is 5.04. The maximum absolute atomic E-state index is 13.7. The largest absolute Gasteiger partial charge is 0.205 e. The molecule has 0 amide bonds. The van der Waals surface area contributed by atoms with Crippen LogP contribution in [0.15, 0.2) is 87.2 Å². The minimum Gasteiger partial charge on any atom is -0.205 e. The molecule has 0 aliphatic rings. The zero-order valence-electron chi connectivity index (χ0n) is 14.0. The van der Waals surface area contributed by atoms with Crippen LogP contribution in [0.4, 0.5) is 27.1 Å². The number of rotatable bonds is 4. The van der Waals surface area contributed by atoms with Gasteiger partial charge in [-0.3, -0.25) is 0 Å². The van der Waals surface area contributed by atoms with Gasteiger partial charge in [-0.1, -0.05) is 23.8 Å². The summed E-state index contributed by atoms with van der Waals surface area (Å²) < 4.78 is 13.7. The van der Waals surface area contributed by atoms with Gasteiger partial charge in [-0.05, 0) is 67.9 Å². The van der Waals surface area contributed by atoms with Gasteiger partial charge in [-0.2, -0.15) is 15.3 Å². The lowest BCUT2D eigenvalue weighted by molar-refractivity contribution is 0.627. The summed E-state index contributed by atoms with van der Waals surface area (Å²) in [6, 6.07) is 19.7. The van der Waals surface area contributed by atoms with E-state index >= 15 is 0 Å². The molecule has 0 aliphatic carbocycles. The van der Waals surface area contributed by atoms with Crippen molar-refractivity contribution in [3.63, 3.8) is 0 Å². The van der Waals surface area contributed by atoms with Crippen LogP contribution in [0.2, 0.25) is 0 Å². The summed E-state index contributed by atoms with van der Waals surface area (Å²) in [5.74, 6) is -0.382. The van der Waals surface area contributed by atoms with Crippen molar-refractivity contribution in [1.29, 1.82) is 0 Å². The standard InChI is InChI=1S/C20H17FN4/c1-14-3-6-16(7-4-14)22-23-17-8-10-18(11-9-17)24-25-20-12-5-15(2)13-19(20)21/h3-13H,1-2H3. The molecule has 3 aromatic rings. The van der Waals surface area contributed by atoms with Crippen LogP contribution in [0.5, 0.6) is 0 Å². The fourth-order valence-corrected chi connectivity index (χ4v) is 2.12. The van der Waals surface area contributed by atoms with Crippen molar-refractivity contribution in [2.24, 2.45) is 20.5 Å². The first-order valence-electron chi connectivity index (χ1n) is 7.86. The smallest absolute Gasteiger partial charge is 0.150 e. The van der Waals surface area contributed by atoms with Crippen LogP contribution in [-0.2, 0) is 0 Å². The zero-order chi connectivity index (χ0) is 17.6. The highest BCUT2D eigenvalue weighted by Crippen LogP contribution is 2.25. The number of aryl methyl sites for hydroxylation is 2. The van der Waals surface area contributed by atoms with E-state index in [-0.39, 0.29) is 11.5 Å². The Hall–Kier alpha value is -3.21. The van der Waals surface area contributed by atoms with Crippen molar-refractivity contribution >= 4 is 22.7 Å². The van der Waals surface area contributed by atoms with Crippen molar-refractivity contribution < 1.29 is 4.39 Å². The Bertz CT molecular complexity index is 913. The molecule has 3 rings (SSSR count). The Morgan fingerprint density at radius 1 is 0.560 bits per heavy atom. The van der Waals surface area contributed by atoms with Gasteiger partial charge in [0.15, 0.2) is 5.82 Å². The predicted molar refractivity (Wildman–Crippen MR) is 97.1 cm³/mol. The summed E-state index contributed by atoms with van der Waals surface area (Å²) in [5.41, 5.74) is 4.37. The summed E-state index contributed by atoms with van der Waals surface area (Å²) in [5, 5.41) is 16.4. The van der Waals surface area contributed by atoms with E-state index in [1.165, 1.54) is 11.6 Å². The van der Waals surface area contributed by atoms with Crippen molar-refractivity contribution in [1.82, 2.24) is 0 Å². The highest BCUT2D eigenvalue weighted by molar-refractivity contribution is 5.48. The maximum atomic E-state index is 13.7. The van der Waals surface area contributed by atoms with Gasteiger partial charge in [0.25, 0.3) is 0 Å². The number of benzene rings is 3. The van der Waals surface area contributed by atoms with E-state index in [1.807, 2.05) is 38.1 Å². The molecule has 0 fully saturated rings. The SMILES string of the molecule is Cc1ccc(N=Nc2ccc(N=Nc3ccc(C)cc3F)cc2)cc1. The predicted octanol–water partition coefficient (Wildman–Crippen LogP) is 7.27. The van der Waals surface area contributed by atoms with Crippen LogP contribution in [-0.4, -0.2) is 0 Å². The number of hydrogen-bond donors (Lipinski definition) is 0. The minimum absolute atomic E-state index is 0.216. The van der Waals surface area contributed by atoms with E-state index in [2.05, 4.69) is 20.5 Å². The number of azo groups is 2. The van der Waals surface area contributed by atoms with Crippen molar-refractivity contribution in [3.05, 3.63) is 83.7 Å². The lowest BCUT2D eigenvalue weighted by Gasteiger charge is -1.98. The zero-order valence-corrected chi connectivity index (χ0v) is 14.0. The van der Waals surface area contributed by atoms with Gasteiger partial charge in [-0.15, -0.1) is 5.11 Å². The Morgan fingerprint density at radius 2 is 1.00 bits per heavy atom. The van der Waals surface area contributed by atoms with Gasteiger partial charge in [0.05, 0.1) is 17.1 Å². The van der Waals surface area contributed by atoms with Gasteiger partial charge in [-0.25, -0.2) is 4.39 Å². The van der Waals surface area contributed by atoms with E-state index in [1.54, 1.807) is 36.4 Å². The minimum atomic E-state index is -0.382. The van der Waals surface area contributed by atoms with Crippen LogP contribution in [0, 0.1) is 19.7 Å². The molecule has 0 aliphatic heterocycles. The summed E-state index contributed by atoms with van der Waals surface area (Å²) in [4.78, 5) is 0. The maximum Gasteiger partial charge on any atom is 0.150 e. The number of nitrogens with zero attached hydrogens (tertiary/aromatic N) is 4. The first-order valence-corrected chi connectivity index (χ1v) is 7.86. The van der Waals surface area contributed by atoms with Crippen molar-refractivity contribution in [2.45, 2.75) is 13.8 Å². The van der Waals surface area contributed by atoms with Gasteiger partial charge in [0.1, 0.15) is 5.69 Å². The van der Waals surface area contributed by atoms with Gasteiger partial charge in [0, 0.05) is 0 Å². The summed E-state index contributed by atoms with van der Waals surface area (Å²) in [6.07, 6.45) is 0. The lowest BCUT2D eigenvalue weighted by Crippen LogP contribution is -1.77. The molecule has 0 aromatic heterocycles. The molecule has 3 aromatic carbocycles. The van der Waals surface area contributed by atoms with E-state index in [4.69, 9.17) is 0 Å². The quantitative estimate of drug-likeness (QED) is 0.451. The monoisotopic (exact) mass is 332 g/mol. The molecule has 0 bridgehead atoms. The molecule has 0 saturated heterocycles. The Morgan fingerprint density at radius 3 is 1.52 bits per heavy atom. The molecule has 0 saturated carbocycles. The molecule has 25 heavy (non-hydrogen) atoms. The molecule has 4 nitrogen and oxygen atoms in total. The molecule has 0 spiro atoms. The van der Waals surface area contributed by atoms with Crippen LogP contribution in [0.1, 0.15) is 11.1 Å². The molecule has 124 valence electrons. The second-order valence-corrected chi connectivity index (χ2v) is 5.71. The van der Waals surface area contributed by atoms with Gasteiger partial charge >= 0.3 is 0 Å². The number of halogens is 1. The fourth-order valence-electron chi connectivity index (χ4n) is 2.12. The molecule has 0 N–H and O–H groups in total. The molecule has 0 heterocycles. The highest BCUT2D eigenvalue weighted by atomic mass is 19.1. The third-order valence-corrected chi connectivity index (χ3v) is 3.54. The lowest BCUT2D eigenvalue weighted by atomic mass is 10.2. The third kappa shape index (κ3) is 4.64. The van der Waals surface area contributed by atoms with E-state index in [0.717, 1.165) is 11.3 Å². The molecule has 0 radical (unpaired) electrons.